The molecule has 0 radical (unpaired) electrons. The molecule has 3 aromatic rings. The smallest absolute Gasteiger partial charge is 0.379 e. The molecule has 3 rings (SSSR count). The Morgan fingerprint density at radius 2 is 1.93 bits per heavy atom. The Kier molecular flexibility index (Phi) is 6.23. The lowest BCUT2D eigenvalue weighted by atomic mass is 10.2. The van der Waals surface area contributed by atoms with Crippen molar-refractivity contribution in [3.63, 3.8) is 0 Å². The zero-order valence-corrected chi connectivity index (χ0v) is 16.3. The quantitative estimate of drug-likeness (QED) is 0.269. The van der Waals surface area contributed by atoms with Gasteiger partial charge in [0, 0.05) is 4.47 Å². The molecular weight excluding hydrogens is 428 g/mol. The number of carbonyl (C=O) groups is 2. The van der Waals surface area contributed by atoms with E-state index >= 15 is 0 Å². The number of nitrogens with one attached hydrogen (secondary N) is 1. The highest BCUT2D eigenvalue weighted by Gasteiger charge is 2.15. The molecule has 0 atom stereocenters. The highest BCUT2D eigenvalue weighted by Crippen LogP contribution is 2.28. The number of furan rings is 1. The van der Waals surface area contributed by atoms with E-state index < -0.39 is 5.97 Å². The van der Waals surface area contributed by atoms with Crippen LogP contribution >= 0.6 is 15.9 Å². The SMILES string of the molecule is COc1cc(/C=N\NC(=O)c2ccccc2Br)ccc1OC(=O)c1ccco1. The van der Waals surface area contributed by atoms with Crippen molar-refractivity contribution in [2.24, 2.45) is 5.10 Å². The predicted octanol–water partition coefficient (Wildman–Crippen LogP) is 4.03. The van der Waals surface area contributed by atoms with Crippen molar-refractivity contribution in [2.45, 2.75) is 0 Å². The first-order valence-corrected chi connectivity index (χ1v) is 8.89. The lowest BCUT2D eigenvalue weighted by Crippen LogP contribution is -2.18. The number of hydrazone groups is 1. The van der Waals surface area contributed by atoms with E-state index in [0.717, 1.165) is 0 Å². The number of halogens is 1. The molecule has 1 heterocycles. The third kappa shape index (κ3) is 4.66. The average Bonchev–Trinajstić information content (AvgIpc) is 3.24. The molecule has 0 aliphatic heterocycles. The second kappa shape index (κ2) is 9.01. The molecular formula is C20H15BrN2O5. The maximum atomic E-state index is 12.1. The summed E-state index contributed by atoms with van der Waals surface area (Å²) in [5.41, 5.74) is 3.56. The van der Waals surface area contributed by atoms with Gasteiger partial charge in [-0.2, -0.15) is 5.10 Å². The number of hydrogen-bond donors (Lipinski definition) is 1. The zero-order valence-electron chi connectivity index (χ0n) is 14.7. The average molecular weight is 443 g/mol. The van der Waals surface area contributed by atoms with Crippen molar-refractivity contribution in [2.75, 3.05) is 7.11 Å². The third-order valence-corrected chi connectivity index (χ3v) is 4.30. The fourth-order valence-corrected chi connectivity index (χ4v) is 2.73. The topological polar surface area (TPSA) is 90.1 Å². The maximum Gasteiger partial charge on any atom is 0.379 e. The highest BCUT2D eigenvalue weighted by molar-refractivity contribution is 9.10. The van der Waals surface area contributed by atoms with Crippen LogP contribution in [-0.2, 0) is 0 Å². The lowest BCUT2D eigenvalue weighted by Gasteiger charge is -2.09. The molecule has 0 fully saturated rings. The van der Waals surface area contributed by atoms with E-state index in [4.69, 9.17) is 13.9 Å². The van der Waals surface area contributed by atoms with Gasteiger partial charge in [0.05, 0.1) is 25.2 Å². The van der Waals surface area contributed by atoms with Crippen LogP contribution in [-0.4, -0.2) is 25.2 Å². The number of methoxy groups -OCH3 is 1. The van der Waals surface area contributed by atoms with Gasteiger partial charge < -0.3 is 13.9 Å². The van der Waals surface area contributed by atoms with Crippen LogP contribution in [0.15, 0.2) is 74.9 Å². The van der Waals surface area contributed by atoms with Gasteiger partial charge in [-0.3, -0.25) is 4.79 Å². The van der Waals surface area contributed by atoms with Gasteiger partial charge in [0.2, 0.25) is 5.76 Å². The molecule has 0 saturated heterocycles. The molecule has 0 aliphatic carbocycles. The number of ether oxygens (including phenoxy) is 2. The fourth-order valence-electron chi connectivity index (χ4n) is 2.26. The van der Waals surface area contributed by atoms with Crippen molar-refractivity contribution >= 4 is 34.0 Å². The van der Waals surface area contributed by atoms with Gasteiger partial charge in [0.25, 0.3) is 5.91 Å². The maximum absolute atomic E-state index is 12.1. The van der Waals surface area contributed by atoms with Crippen molar-refractivity contribution in [3.8, 4) is 11.5 Å². The Morgan fingerprint density at radius 3 is 2.64 bits per heavy atom. The van der Waals surface area contributed by atoms with Gasteiger partial charge in [-0.1, -0.05) is 12.1 Å². The molecule has 8 heteroatoms. The second-order valence-corrected chi connectivity index (χ2v) is 6.31. The van der Waals surface area contributed by atoms with Crippen LogP contribution in [0.4, 0.5) is 0 Å². The summed E-state index contributed by atoms with van der Waals surface area (Å²) in [6.07, 6.45) is 2.84. The summed E-state index contributed by atoms with van der Waals surface area (Å²) in [6, 6.07) is 15.0. The van der Waals surface area contributed by atoms with Crippen LogP contribution in [0.3, 0.4) is 0 Å². The van der Waals surface area contributed by atoms with Crippen LogP contribution in [0, 0.1) is 0 Å². The fraction of sp³-hybridized carbons (Fsp3) is 0.0500. The molecule has 142 valence electrons. The summed E-state index contributed by atoms with van der Waals surface area (Å²) in [6.45, 7) is 0. The van der Waals surface area contributed by atoms with Gasteiger partial charge in [0.15, 0.2) is 11.5 Å². The zero-order chi connectivity index (χ0) is 19.9. The normalized spacial score (nSPS) is 10.6. The molecule has 0 aliphatic rings. The molecule has 0 spiro atoms. The summed E-state index contributed by atoms with van der Waals surface area (Å²) in [4.78, 5) is 24.1. The van der Waals surface area contributed by atoms with Crippen molar-refractivity contribution in [1.82, 2.24) is 5.43 Å². The van der Waals surface area contributed by atoms with E-state index in [1.54, 1.807) is 42.5 Å². The molecule has 0 unspecified atom stereocenters. The molecule has 1 amide bonds. The third-order valence-electron chi connectivity index (χ3n) is 3.61. The van der Waals surface area contributed by atoms with E-state index in [-0.39, 0.29) is 17.4 Å². The first-order chi connectivity index (χ1) is 13.6. The number of benzene rings is 2. The molecule has 28 heavy (non-hydrogen) atoms. The Hall–Kier alpha value is -3.39. The Labute approximate surface area is 169 Å². The lowest BCUT2D eigenvalue weighted by molar-refractivity contribution is 0.0696. The molecule has 0 saturated carbocycles. The molecule has 1 N–H and O–H groups in total. The van der Waals surface area contributed by atoms with Crippen LogP contribution < -0.4 is 14.9 Å². The molecule has 1 aromatic heterocycles. The number of rotatable bonds is 6. The predicted molar refractivity (Wildman–Crippen MR) is 106 cm³/mol. The van der Waals surface area contributed by atoms with Gasteiger partial charge in [-0.25, -0.2) is 10.2 Å². The van der Waals surface area contributed by atoms with Gasteiger partial charge in [-0.05, 0) is 64.0 Å². The summed E-state index contributed by atoms with van der Waals surface area (Å²) < 4.78 is 16.2. The monoisotopic (exact) mass is 442 g/mol. The van der Waals surface area contributed by atoms with Crippen molar-refractivity contribution < 1.29 is 23.5 Å². The summed E-state index contributed by atoms with van der Waals surface area (Å²) in [5, 5.41) is 3.94. The number of esters is 1. The highest BCUT2D eigenvalue weighted by atomic mass is 79.9. The Balaban J connectivity index is 1.68. The van der Waals surface area contributed by atoms with Crippen LogP contribution in [0.2, 0.25) is 0 Å². The van der Waals surface area contributed by atoms with E-state index in [9.17, 15) is 9.59 Å². The van der Waals surface area contributed by atoms with E-state index in [2.05, 4.69) is 26.5 Å². The largest absolute Gasteiger partial charge is 0.493 e. The van der Waals surface area contributed by atoms with Crippen LogP contribution in [0.5, 0.6) is 11.5 Å². The molecule has 2 aromatic carbocycles. The van der Waals surface area contributed by atoms with E-state index in [1.807, 2.05) is 6.07 Å². The summed E-state index contributed by atoms with van der Waals surface area (Å²) >= 11 is 3.32. The minimum atomic E-state index is -0.634. The summed E-state index contributed by atoms with van der Waals surface area (Å²) in [5.74, 6) is -0.327. The van der Waals surface area contributed by atoms with Gasteiger partial charge in [0.1, 0.15) is 0 Å². The first-order valence-electron chi connectivity index (χ1n) is 8.10. The van der Waals surface area contributed by atoms with E-state index in [1.165, 1.54) is 25.7 Å². The Morgan fingerprint density at radius 1 is 1.11 bits per heavy atom. The van der Waals surface area contributed by atoms with Gasteiger partial charge in [-0.15, -0.1) is 0 Å². The number of amides is 1. The molecule has 0 bridgehead atoms. The van der Waals surface area contributed by atoms with Gasteiger partial charge >= 0.3 is 5.97 Å². The minimum absolute atomic E-state index is 0.0856. The van der Waals surface area contributed by atoms with Crippen molar-refractivity contribution in [1.29, 1.82) is 0 Å². The number of hydrogen-bond acceptors (Lipinski definition) is 6. The standard InChI is InChI=1S/C20H15BrN2O5/c1-26-18-11-13(8-9-16(18)28-20(25)17-7-4-10-27-17)12-22-23-19(24)14-5-2-3-6-15(14)21/h2-12H,1H3,(H,23,24)/b22-12-. The first kappa shape index (κ1) is 19.4. The van der Waals surface area contributed by atoms with Crippen LogP contribution in [0.25, 0.3) is 0 Å². The summed E-state index contributed by atoms with van der Waals surface area (Å²) in [7, 11) is 1.45. The number of carbonyl (C=O) groups excluding carboxylic acids is 2. The number of nitrogens with zero attached hydrogens (tertiary/aromatic N) is 1. The minimum Gasteiger partial charge on any atom is -0.493 e. The molecule has 7 nitrogen and oxygen atoms in total. The van der Waals surface area contributed by atoms with Crippen molar-refractivity contribution in [3.05, 3.63) is 82.2 Å². The van der Waals surface area contributed by atoms with Crippen LogP contribution in [0.1, 0.15) is 26.5 Å². The second-order valence-electron chi connectivity index (χ2n) is 5.46. The van der Waals surface area contributed by atoms with E-state index in [0.29, 0.717) is 21.3 Å². The Bertz CT molecular complexity index is 1020.